The first-order chi connectivity index (χ1) is 7.59. The molecule has 0 radical (unpaired) electrons. The summed E-state index contributed by atoms with van der Waals surface area (Å²) < 4.78 is 59.2. The molecule has 1 unspecified atom stereocenters. The first kappa shape index (κ1) is 14.0. The van der Waals surface area contributed by atoms with E-state index in [1.165, 1.54) is 12.1 Å². The number of alkyl halides is 3. The van der Waals surface area contributed by atoms with Crippen LogP contribution in [-0.4, -0.2) is 20.4 Å². The Hall–Kier alpha value is -1.08. The van der Waals surface area contributed by atoms with Crippen molar-refractivity contribution in [3.05, 3.63) is 35.4 Å². The molecule has 96 valence electrons. The fraction of sp³-hybridized carbons (Fsp3) is 0.400. The van der Waals surface area contributed by atoms with E-state index in [1.807, 2.05) is 0 Å². The molecule has 0 aliphatic heterocycles. The van der Waals surface area contributed by atoms with Gasteiger partial charge in [-0.3, -0.25) is 0 Å². The average Bonchev–Trinajstić information content (AvgIpc) is 2.14. The van der Waals surface area contributed by atoms with Crippen molar-refractivity contribution in [1.29, 1.82) is 0 Å². The number of hydrogen-bond acceptors (Lipinski definition) is 3. The van der Waals surface area contributed by atoms with Crippen molar-refractivity contribution in [2.75, 3.05) is 12.0 Å². The van der Waals surface area contributed by atoms with E-state index in [2.05, 4.69) is 0 Å². The number of halogens is 3. The SMILES string of the molecule is CS(=O)(=O)CC(N)c1cccc(C(F)(F)F)c1. The van der Waals surface area contributed by atoms with Gasteiger partial charge in [-0.25, -0.2) is 8.42 Å². The van der Waals surface area contributed by atoms with Crippen LogP contribution in [0.15, 0.2) is 24.3 Å². The third-order valence-electron chi connectivity index (χ3n) is 2.12. The van der Waals surface area contributed by atoms with E-state index in [9.17, 15) is 21.6 Å². The Bertz CT molecular complexity index is 497. The summed E-state index contributed by atoms with van der Waals surface area (Å²) in [5.74, 6) is -0.381. The van der Waals surface area contributed by atoms with E-state index in [0.717, 1.165) is 18.4 Å². The molecule has 17 heavy (non-hydrogen) atoms. The topological polar surface area (TPSA) is 60.2 Å². The molecule has 1 aromatic carbocycles. The summed E-state index contributed by atoms with van der Waals surface area (Å²) in [6.07, 6.45) is -3.47. The molecular formula is C10H12F3NO2S. The lowest BCUT2D eigenvalue weighted by Crippen LogP contribution is -2.21. The average molecular weight is 267 g/mol. The Morgan fingerprint density at radius 1 is 1.35 bits per heavy atom. The van der Waals surface area contributed by atoms with Crippen molar-refractivity contribution in [2.24, 2.45) is 5.73 Å². The number of nitrogens with two attached hydrogens (primary N) is 1. The van der Waals surface area contributed by atoms with E-state index in [1.54, 1.807) is 0 Å². The number of rotatable bonds is 3. The lowest BCUT2D eigenvalue weighted by molar-refractivity contribution is -0.137. The molecule has 0 heterocycles. The maximum atomic E-state index is 12.4. The van der Waals surface area contributed by atoms with Crippen molar-refractivity contribution in [3.63, 3.8) is 0 Å². The van der Waals surface area contributed by atoms with E-state index in [0.29, 0.717) is 0 Å². The van der Waals surface area contributed by atoms with E-state index in [-0.39, 0.29) is 11.3 Å². The van der Waals surface area contributed by atoms with Gasteiger partial charge in [-0.1, -0.05) is 12.1 Å². The fourth-order valence-corrected chi connectivity index (χ4v) is 2.21. The molecule has 0 aliphatic rings. The molecule has 0 saturated heterocycles. The Morgan fingerprint density at radius 2 is 1.94 bits per heavy atom. The maximum Gasteiger partial charge on any atom is 0.416 e. The normalized spacial score (nSPS) is 14.6. The van der Waals surface area contributed by atoms with Gasteiger partial charge in [0.1, 0.15) is 9.84 Å². The number of sulfone groups is 1. The zero-order valence-corrected chi connectivity index (χ0v) is 9.85. The standard InChI is InChI=1S/C10H12F3NO2S/c1-17(15,16)6-9(14)7-3-2-4-8(5-7)10(11,12)13/h2-5,9H,6,14H2,1H3. The molecule has 3 nitrogen and oxygen atoms in total. The highest BCUT2D eigenvalue weighted by molar-refractivity contribution is 7.90. The van der Waals surface area contributed by atoms with Gasteiger partial charge >= 0.3 is 6.18 Å². The second-order valence-electron chi connectivity index (χ2n) is 3.82. The van der Waals surface area contributed by atoms with Gasteiger partial charge in [-0.2, -0.15) is 13.2 Å². The first-order valence-corrected chi connectivity index (χ1v) is 6.76. The molecule has 0 spiro atoms. The smallest absolute Gasteiger partial charge is 0.323 e. The van der Waals surface area contributed by atoms with Gasteiger partial charge in [0.2, 0.25) is 0 Å². The monoisotopic (exact) mass is 267 g/mol. The molecule has 1 rings (SSSR count). The van der Waals surface area contributed by atoms with E-state index in [4.69, 9.17) is 5.73 Å². The first-order valence-electron chi connectivity index (χ1n) is 4.70. The molecule has 1 aromatic rings. The fourth-order valence-electron chi connectivity index (χ4n) is 1.37. The maximum absolute atomic E-state index is 12.4. The van der Waals surface area contributed by atoms with Crippen molar-refractivity contribution < 1.29 is 21.6 Å². The number of hydrogen-bond donors (Lipinski definition) is 1. The molecule has 0 aromatic heterocycles. The summed E-state index contributed by atoms with van der Waals surface area (Å²) in [6.45, 7) is 0. The van der Waals surface area contributed by atoms with Crippen molar-refractivity contribution in [2.45, 2.75) is 12.2 Å². The molecule has 0 amide bonds. The van der Waals surface area contributed by atoms with Gasteiger partial charge in [0.05, 0.1) is 11.3 Å². The quantitative estimate of drug-likeness (QED) is 0.907. The van der Waals surface area contributed by atoms with E-state index < -0.39 is 27.6 Å². The van der Waals surface area contributed by atoms with Gasteiger partial charge in [0.25, 0.3) is 0 Å². The van der Waals surface area contributed by atoms with Crippen LogP contribution in [0.1, 0.15) is 17.2 Å². The third kappa shape index (κ3) is 4.35. The Kier molecular flexibility index (Phi) is 3.83. The second kappa shape index (κ2) is 4.66. The minimum atomic E-state index is -4.46. The predicted molar refractivity (Wildman–Crippen MR) is 58.1 cm³/mol. The van der Waals surface area contributed by atoms with E-state index >= 15 is 0 Å². The highest BCUT2D eigenvalue weighted by Crippen LogP contribution is 2.30. The molecule has 1 atom stereocenters. The van der Waals surface area contributed by atoms with Crippen LogP contribution in [0.5, 0.6) is 0 Å². The largest absolute Gasteiger partial charge is 0.416 e. The van der Waals surface area contributed by atoms with Gasteiger partial charge in [0.15, 0.2) is 0 Å². The van der Waals surface area contributed by atoms with Gasteiger partial charge < -0.3 is 5.73 Å². The third-order valence-corrected chi connectivity index (χ3v) is 3.09. The highest BCUT2D eigenvalue weighted by Gasteiger charge is 2.30. The molecular weight excluding hydrogens is 255 g/mol. The van der Waals surface area contributed by atoms with Crippen LogP contribution in [0.4, 0.5) is 13.2 Å². The van der Waals surface area contributed by atoms with Crippen LogP contribution < -0.4 is 5.73 Å². The van der Waals surface area contributed by atoms with Crippen LogP contribution in [-0.2, 0) is 16.0 Å². The summed E-state index contributed by atoms with van der Waals surface area (Å²) in [4.78, 5) is 0. The molecule has 0 bridgehead atoms. The molecule has 7 heteroatoms. The Morgan fingerprint density at radius 3 is 2.41 bits per heavy atom. The molecule has 0 aliphatic carbocycles. The summed E-state index contributed by atoms with van der Waals surface area (Å²) >= 11 is 0. The van der Waals surface area contributed by atoms with Crippen molar-refractivity contribution in [3.8, 4) is 0 Å². The number of benzene rings is 1. The molecule has 2 N–H and O–H groups in total. The van der Waals surface area contributed by atoms with Crippen LogP contribution in [0.25, 0.3) is 0 Å². The summed E-state index contributed by atoms with van der Waals surface area (Å²) in [6, 6.07) is 3.42. The summed E-state index contributed by atoms with van der Waals surface area (Å²) in [5.41, 5.74) is 4.87. The van der Waals surface area contributed by atoms with Gasteiger partial charge in [-0.15, -0.1) is 0 Å². The Balaban J connectivity index is 3.00. The van der Waals surface area contributed by atoms with Crippen molar-refractivity contribution >= 4 is 9.84 Å². The molecule has 0 fully saturated rings. The lowest BCUT2D eigenvalue weighted by Gasteiger charge is -2.13. The van der Waals surface area contributed by atoms with Crippen LogP contribution >= 0.6 is 0 Å². The Labute approximate surface area is 97.4 Å². The van der Waals surface area contributed by atoms with Crippen LogP contribution in [0.2, 0.25) is 0 Å². The molecule has 0 saturated carbocycles. The van der Waals surface area contributed by atoms with Crippen LogP contribution in [0.3, 0.4) is 0 Å². The highest BCUT2D eigenvalue weighted by atomic mass is 32.2. The minimum absolute atomic E-state index is 0.158. The minimum Gasteiger partial charge on any atom is -0.323 e. The predicted octanol–water partition coefficient (Wildman–Crippen LogP) is 1.75. The van der Waals surface area contributed by atoms with Crippen LogP contribution in [0, 0.1) is 0 Å². The van der Waals surface area contributed by atoms with Gasteiger partial charge in [-0.05, 0) is 17.7 Å². The van der Waals surface area contributed by atoms with Gasteiger partial charge in [0, 0.05) is 12.3 Å². The summed E-state index contributed by atoms with van der Waals surface area (Å²) in [5, 5.41) is 0. The summed E-state index contributed by atoms with van der Waals surface area (Å²) in [7, 11) is -3.33. The zero-order chi connectivity index (χ0) is 13.3. The zero-order valence-electron chi connectivity index (χ0n) is 9.03. The lowest BCUT2D eigenvalue weighted by atomic mass is 10.1. The van der Waals surface area contributed by atoms with Crippen molar-refractivity contribution in [1.82, 2.24) is 0 Å². The second-order valence-corrected chi connectivity index (χ2v) is 6.01.